The molecule has 0 saturated heterocycles. The molecule has 3 aromatic rings. The number of rotatable bonds is 8. The fourth-order valence-corrected chi connectivity index (χ4v) is 11.2. The Labute approximate surface area is 326 Å². The molecule has 14 heteroatoms. The molecule has 5 atom stereocenters. The number of nitrogens with one attached hydrogen (secondary N) is 2. The van der Waals surface area contributed by atoms with Gasteiger partial charge in [-0.05, 0) is 83.3 Å². The number of hydrogen-bond acceptors (Lipinski definition) is 10. The Hall–Kier alpha value is -4.04. The first-order valence-electron chi connectivity index (χ1n) is 19.9. The number of pyridine rings is 1. The van der Waals surface area contributed by atoms with Crippen LogP contribution in [0.2, 0.25) is 0 Å². The lowest BCUT2D eigenvalue weighted by atomic mass is 9.90. The van der Waals surface area contributed by atoms with E-state index in [4.69, 9.17) is 19.4 Å². The summed E-state index contributed by atoms with van der Waals surface area (Å²) in [5, 5.41) is 6.39. The summed E-state index contributed by atoms with van der Waals surface area (Å²) in [6.07, 6.45) is 13.7. The number of aryl methyl sites for hydroxylation is 1. The number of aromatic nitrogens is 2. The van der Waals surface area contributed by atoms with Gasteiger partial charge in [-0.2, -0.15) is 0 Å². The molecule has 0 spiro atoms. The molecule has 1 aliphatic heterocycles. The summed E-state index contributed by atoms with van der Waals surface area (Å²) in [6.45, 7) is 2.53. The summed E-state index contributed by atoms with van der Waals surface area (Å²) in [4.78, 5) is 54.0. The highest BCUT2D eigenvalue weighted by molar-refractivity contribution is 7.91. The molecule has 4 aliphatic carbocycles. The minimum Gasteiger partial charge on any atom is -0.496 e. The van der Waals surface area contributed by atoms with Crippen LogP contribution in [-0.4, -0.2) is 78.6 Å². The van der Waals surface area contributed by atoms with Gasteiger partial charge in [0.15, 0.2) is 0 Å². The van der Waals surface area contributed by atoms with Crippen molar-refractivity contribution in [3.05, 3.63) is 46.3 Å². The van der Waals surface area contributed by atoms with Crippen molar-refractivity contribution >= 4 is 50.0 Å². The van der Waals surface area contributed by atoms with Crippen molar-refractivity contribution in [3.8, 4) is 22.9 Å². The number of carbonyl (C=O) groups excluding carboxylic acids is 3. The third-order valence-electron chi connectivity index (χ3n) is 12.4. The SMILES string of the molecule is COc1ccc2c(O[C@@H]3C[C@H]4C(=O)NC5(C(=O)NS(=O)(=O)C6CC6)C[C@H]5/C=C\CCCCN(C)C(=O)[C@@H]4C3)cc(-c3csc(C4CCCCC4)n3)nc2c1C. The number of methoxy groups -OCH3 is 1. The summed E-state index contributed by atoms with van der Waals surface area (Å²) in [5.74, 6) is -1.36. The maximum absolute atomic E-state index is 14.4. The number of allylic oxidation sites excluding steroid dienone is 1. The maximum atomic E-state index is 14.4. The highest BCUT2D eigenvalue weighted by Gasteiger charge is 2.62. The van der Waals surface area contributed by atoms with Crippen molar-refractivity contribution in [2.24, 2.45) is 17.8 Å². The van der Waals surface area contributed by atoms with Crippen LogP contribution < -0.4 is 19.5 Å². The average molecular weight is 790 g/mol. The average Bonchev–Trinajstić information content (AvgIpc) is 4.06. The largest absolute Gasteiger partial charge is 0.496 e. The Morgan fingerprint density at radius 3 is 2.55 bits per heavy atom. The standard InChI is InChI=1S/C41H51N5O7S2/c1-24-34(52-3)17-16-29-35(21-32(42-36(24)29)33-23-54-38(43-33)25-11-7-6-8-12-25)53-27-19-30-31(20-27)39(48)46(2)18-10-5-4-9-13-26-22-41(26,44-37(30)47)40(49)45-55(50,51)28-14-15-28/h9,13,16-17,21,23,25-28,30-31H,4-8,10-12,14-15,18-20,22H2,1-3H3,(H,44,47)(H,45,49)/b13-9-/t26-,27-,30-,31-,41?/m1/s1. The first kappa shape index (κ1) is 37.9. The molecule has 1 unspecified atom stereocenters. The fourth-order valence-electron chi connectivity index (χ4n) is 8.84. The normalized spacial score (nSPS) is 28.5. The zero-order valence-corrected chi connectivity index (χ0v) is 33.5. The Balaban J connectivity index is 1.10. The van der Waals surface area contributed by atoms with Gasteiger partial charge >= 0.3 is 0 Å². The Morgan fingerprint density at radius 1 is 1.00 bits per heavy atom. The first-order valence-corrected chi connectivity index (χ1v) is 22.3. The molecular formula is C41H51N5O7S2. The van der Waals surface area contributed by atoms with E-state index < -0.39 is 50.6 Å². The summed E-state index contributed by atoms with van der Waals surface area (Å²) in [7, 11) is -0.422. The topological polar surface area (TPSA) is 157 Å². The van der Waals surface area contributed by atoms with E-state index in [9.17, 15) is 22.8 Å². The summed E-state index contributed by atoms with van der Waals surface area (Å²) >= 11 is 1.68. The second kappa shape index (κ2) is 15.1. The van der Waals surface area contributed by atoms with Crippen LogP contribution in [-0.2, 0) is 24.4 Å². The molecule has 0 radical (unpaired) electrons. The van der Waals surface area contributed by atoms with E-state index in [1.54, 1.807) is 30.4 Å². The Morgan fingerprint density at radius 2 is 1.78 bits per heavy atom. The molecule has 5 aliphatic rings. The minimum atomic E-state index is -3.83. The van der Waals surface area contributed by atoms with Gasteiger partial charge in [-0.25, -0.2) is 18.4 Å². The number of amides is 3. The molecule has 55 heavy (non-hydrogen) atoms. The lowest BCUT2D eigenvalue weighted by Crippen LogP contribution is -2.54. The molecule has 4 saturated carbocycles. The summed E-state index contributed by atoms with van der Waals surface area (Å²) in [6, 6.07) is 5.74. The lowest BCUT2D eigenvalue weighted by molar-refractivity contribution is -0.140. The van der Waals surface area contributed by atoms with Gasteiger partial charge in [-0.15, -0.1) is 11.3 Å². The Kier molecular flexibility index (Phi) is 10.4. The third kappa shape index (κ3) is 7.60. The zero-order chi connectivity index (χ0) is 38.5. The minimum absolute atomic E-state index is 0.139. The van der Waals surface area contributed by atoms with Crippen molar-refractivity contribution in [1.29, 1.82) is 0 Å². The number of nitrogens with zero attached hydrogens (tertiary/aromatic N) is 3. The number of thiazole rings is 1. The van der Waals surface area contributed by atoms with Crippen LogP contribution in [0.3, 0.4) is 0 Å². The molecule has 2 N–H and O–H groups in total. The molecule has 3 heterocycles. The third-order valence-corrected chi connectivity index (χ3v) is 15.2. The number of hydrogen-bond donors (Lipinski definition) is 2. The van der Waals surface area contributed by atoms with Crippen LogP contribution in [0, 0.1) is 24.7 Å². The first-order chi connectivity index (χ1) is 26.5. The van der Waals surface area contributed by atoms with E-state index in [2.05, 4.69) is 15.4 Å². The predicted molar refractivity (Wildman–Crippen MR) is 210 cm³/mol. The van der Waals surface area contributed by atoms with Crippen molar-refractivity contribution in [2.45, 2.75) is 113 Å². The van der Waals surface area contributed by atoms with Gasteiger partial charge in [0, 0.05) is 47.8 Å². The van der Waals surface area contributed by atoms with Gasteiger partial charge in [0.2, 0.25) is 21.8 Å². The van der Waals surface area contributed by atoms with Crippen molar-refractivity contribution in [3.63, 3.8) is 0 Å². The zero-order valence-electron chi connectivity index (χ0n) is 31.8. The predicted octanol–water partition coefficient (Wildman–Crippen LogP) is 6.18. The van der Waals surface area contributed by atoms with Gasteiger partial charge in [0.1, 0.15) is 23.1 Å². The Bertz CT molecular complexity index is 2130. The number of carbonyl (C=O) groups is 3. The monoisotopic (exact) mass is 789 g/mol. The van der Waals surface area contributed by atoms with Crippen molar-refractivity contribution in [2.75, 3.05) is 20.7 Å². The van der Waals surface area contributed by atoms with Gasteiger partial charge in [-0.1, -0.05) is 31.4 Å². The van der Waals surface area contributed by atoms with Gasteiger partial charge in [-0.3, -0.25) is 19.1 Å². The quantitative estimate of drug-likeness (QED) is 0.255. The lowest BCUT2D eigenvalue weighted by Gasteiger charge is -2.26. The van der Waals surface area contributed by atoms with Gasteiger partial charge < -0.3 is 19.7 Å². The van der Waals surface area contributed by atoms with Gasteiger partial charge in [0.05, 0.1) is 46.1 Å². The van der Waals surface area contributed by atoms with E-state index in [1.165, 1.54) is 19.3 Å². The molecule has 3 amide bonds. The smallest absolute Gasteiger partial charge is 0.259 e. The molecule has 4 fully saturated rings. The number of benzene rings is 1. The van der Waals surface area contributed by atoms with E-state index in [0.29, 0.717) is 55.3 Å². The van der Waals surface area contributed by atoms with Crippen molar-refractivity contribution < 1.29 is 32.3 Å². The molecule has 294 valence electrons. The molecule has 12 nitrogen and oxygen atoms in total. The second-order valence-corrected chi connectivity index (χ2v) is 19.1. The second-order valence-electron chi connectivity index (χ2n) is 16.3. The molecule has 1 aromatic carbocycles. The van der Waals surface area contributed by atoms with Crippen LogP contribution in [0.5, 0.6) is 11.5 Å². The van der Waals surface area contributed by atoms with E-state index in [0.717, 1.165) is 59.3 Å². The fraction of sp³-hybridized carbons (Fsp3) is 0.585. The van der Waals surface area contributed by atoms with Crippen LogP contribution in [0.4, 0.5) is 0 Å². The number of sulfonamides is 1. The van der Waals surface area contributed by atoms with E-state index in [1.807, 2.05) is 37.3 Å². The van der Waals surface area contributed by atoms with Crippen LogP contribution in [0.25, 0.3) is 22.3 Å². The molecule has 8 rings (SSSR count). The molecular weight excluding hydrogens is 739 g/mol. The van der Waals surface area contributed by atoms with Crippen LogP contribution in [0.15, 0.2) is 35.7 Å². The van der Waals surface area contributed by atoms with E-state index >= 15 is 0 Å². The highest BCUT2D eigenvalue weighted by atomic mass is 32.2. The number of fused-ring (bicyclic) bond motifs is 3. The molecule has 0 bridgehead atoms. The van der Waals surface area contributed by atoms with E-state index in [-0.39, 0.29) is 18.2 Å². The maximum Gasteiger partial charge on any atom is 0.259 e. The van der Waals surface area contributed by atoms with Crippen LogP contribution >= 0.6 is 11.3 Å². The summed E-state index contributed by atoms with van der Waals surface area (Å²) in [5.41, 5.74) is 1.67. The summed E-state index contributed by atoms with van der Waals surface area (Å²) < 4.78 is 40.4. The van der Waals surface area contributed by atoms with Crippen LogP contribution in [0.1, 0.15) is 100.0 Å². The van der Waals surface area contributed by atoms with Crippen molar-refractivity contribution in [1.82, 2.24) is 24.9 Å². The molecule has 2 aromatic heterocycles. The van der Waals surface area contributed by atoms with Gasteiger partial charge in [0.25, 0.3) is 5.91 Å². The number of ether oxygens (including phenoxy) is 2. The highest BCUT2D eigenvalue weighted by Crippen LogP contribution is 2.47.